The van der Waals surface area contributed by atoms with Gasteiger partial charge in [0.2, 0.25) is 0 Å². The van der Waals surface area contributed by atoms with E-state index >= 15 is 0 Å². The molecule has 3 aromatic rings. The van der Waals surface area contributed by atoms with Crippen LogP contribution in [0.3, 0.4) is 0 Å². The topological polar surface area (TPSA) is 66.9 Å². The fourth-order valence-electron chi connectivity index (χ4n) is 2.29. The fraction of sp³-hybridized carbons (Fsp3) is 0.105. The van der Waals surface area contributed by atoms with Crippen LogP contribution in [0.25, 0.3) is 0 Å². The van der Waals surface area contributed by atoms with Crippen LogP contribution >= 0.6 is 11.6 Å². The van der Waals surface area contributed by atoms with Crippen LogP contribution in [-0.2, 0) is 6.54 Å². The zero-order chi connectivity index (χ0) is 17.6. The maximum Gasteiger partial charge on any atom is 0.259 e. The van der Waals surface area contributed by atoms with Gasteiger partial charge < -0.3 is 10.6 Å². The molecule has 1 amide bonds. The monoisotopic (exact) mass is 356 g/mol. The number of rotatable bonds is 5. The second-order valence-corrected chi connectivity index (χ2v) is 5.96. The third kappa shape index (κ3) is 4.55. The summed E-state index contributed by atoms with van der Waals surface area (Å²) in [5, 5.41) is 6.70. The minimum absolute atomic E-state index is 0. The first-order chi connectivity index (χ1) is 12.1. The summed E-state index contributed by atoms with van der Waals surface area (Å²) in [6, 6.07) is 14.4. The van der Waals surface area contributed by atoms with Crippen LogP contribution < -0.4 is 10.6 Å². The molecule has 25 heavy (non-hydrogen) atoms. The third-order valence-electron chi connectivity index (χ3n) is 3.59. The molecule has 0 fully saturated rings. The first-order valence-electron chi connectivity index (χ1n) is 7.79. The van der Waals surface area contributed by atoms with Gasteiger partial charge in [-0.2, -0.15) is 0 Å². The molecule has 0 unspecified atom stereocenters. The van der Waals surface area contributed by atoms with Gasteiger partial charge >= 0.3 is 0 Å². The lowest BCUT2D eigenvalue weighted by Gasteiger charge is -2.12. The predicted octanol–water partition coefficient (Wildman–Crippen LogP) is 4.79. The minimum Gasteiger partial charge on any atom is -0.365 e. The number of anilines is 2. The standard InChI is InChI=1S/C19H17ClN4O.2H2/c1-13-2-7-17(19(25)24-16-5-3-15(20)4-6-16)18(23-13)22-12-14-8-10-21-11-9-14;;/h2-11H,12H2,1H3,(H,22,23)(H,24,25);2*1H. The fourth-order valence-corrected chi connectivity index (χ4v) is 2.42. The zero-order valence-corrected chi connectivity index (χ0v) is 14.4. The Labute approximate surface area is 154 Å². The lowest BCUT2D eigenvalue weighted by molar-refractivity contribution is 0.102. The molecule has 0 aliphatic rings. The van der Waals surface area contributed by atoms with Crippen molar-refractivity contribution in [3.63, 3.8) is 0 Å². The molecule has 130 valence electrons. The van der Waals surface area contributed by atoms with Crippen LogP contribution in [0.15, 0.2) is 60.9 Å². The van der Waals surface area contributed by atoms with Gasteiger partial charge in [-0.1, -0.05) is 11.6 Å². The summed E-state index contributed by atoms with van der Waals surface area (Å²) in [5.74, 6) is 0.315. The number of pyridine rings is 2. The quantitative estimate of drug-likeness (QED) is 0.689. The Hall–Kier alpha value is -2.92. The SMILES string of the molecule is Cc1ccc(C(=O)Nc2ccc(Cl)cc2)c(NCc2ccncc2)n1.[HH].[HH]. The highest BCUT2D eigenvalue weighted by atomic mass is 35.5. The van der Waals surface area contributed by atoms with E-state index in [0.717, 1.165) is 11.3 Å². The highest BCUT2D eigenvalue weighted by Gasteiger charge is 2.13. The first kappa shape index (κ1) is 16.9. The van der Waals surface area contributed by atoms with Gasteiger partial charge in [0.15, 0.2) is 0 Å². The normalized spacial score (nSPS) is 10.3. The molecule has 2 N–H and O–H groups in total. The number of amides is 1. The summed E-state index contributed by atoms with van der Waals surface area (Å²) >= 11 is 5.87. The van der Waals surface area contributed by atoms with Gasteiger partial charge in [-0.25, -0.2) is 4.98 Å². The Morgan fingerprint density at radius 3 is 2.52 bits per heavy atom. The number of halogens is 1. The van der Waals surface area contributed by atoms with Gasteiger partial charge in [0.1, 0.15) is 5.82 Å². The summed E-state index contributed by atoms with van der Waals surface area (Å²) in [7, 11) is 0. The van der Waals surface area contributed by atoms with Crippen LogP contribution in [0.5, 0.6) is 0 Å². The van der Waals surface area contributed by atoms with Crippen molar-refractivity contribution in [2.24, 2.45) is 0 Å². The number of nitrogens with one attached hydrogen (secondary N) is 2. The van der Waals surface area contributed by atoms with Crippen molar-refractivity contribution in [3.8, 4) is 0 Å². The number of aryl methyl sites for hydroxylation is 1. The average molecular weight is 357 g/mol. The van der Waals surface area contributed by atoms with Crippen LogP contribution in [0, 0.1) is 6.92 Å². The number of benzene rings is 1. The van der Waals surface area contributed by atoms with Crippen molar-refractivity contribution >= 4 is 29.0 Å². The third-order valence-corrected chi connectivity index (χ3v) is 3.84. The number of hydrogen-bond donors (Lipinski definition) is 2. The molecule has 0 aliphatic carbocycles. The summed E-state index contributed by atoms with van der Waals surface area (Å²) in [6.45, 7) is 2.44. The van der Waals surface area contributed by atoms with E-state index in [-0.39, 0.29) is 8.76 Å². The molecule has 0 saturated heterocycles. The highest BCUT2D eigenvalue weighted by molar-refractivity contribution is 6.30. The Balaban J connectivity index is 0.00000182. The molecule has 5 nitrogen and oxygen atoms in total. The van der Waals surface area contributed by atoms with E-state index in [2.05, 4.69) is 20.6 Å². The lowest BCUT2D eigenvalue weighted by atomic mass is 10.2. The molecular formula is C19H21ClN4O. The summed E-state index contributed by atoms with van der Waals surface area (Å²) in [5.41, 5.74) is 3.05. The van der Waals surface area contributed by atoms with E-state index in [4.69, 9.17) is 11.6 Å². The average Bonchev–Trinajstić information content (AvgIpc) is 2.63. The summed E-state index contributed by atoms with van der Waals surface area (Å²) < 4.78 is 0. The maximum atomic E-state index is 12.6. The van der Waals surface area contributed by atoms with Crippen molar-refractivity contribution in [2.45, 2.75) is 13.5 Å². The predicted molar refractivity (Wildman–Crippen MR) is 104 cm³/mol. The number of hydrogen-bond acceptors (Lipinski definition) is 4. The Bertz CT molecular complexity index is 877. The molecule has 2 aromatic heterocycles. The van der Waals surface area contributed by atoms with Gasteiger partial charge in [-0.15, -0.1) is 0 Å². The number of nitrogens with zero attached hydrogens (tertiary/aromatic N) is 2. The summed E-state index contributed by atoms with van der Waals surface area (Å²) in [4.78, 5) is 21.1. The van der Waals surface area contributed by atoms with E-state index in [1.54, 1.807) is 42.7 Å². The number of carbonyl (C=O) groups excluding carboxylic acids is 1. The number of carbonyl (C=O) groups is 1. The molecule has 0 radical (unpaired) electrons. The van der Waals surface area contributed by atoms with Crippen molar-refractivity contribution in [3.05, 3.63) is 82.8 Å². The van der Waals surface area contributed by atoms with Gasteiger partial charge in [-0.05, 0) is 61.0 Å². The highest BCUT2D eigenvalue weighted by Crippen LogP contribution is 2.18. The molecule has 1 aromatic carbocycles. The lowest BCUT2D eigenvalue weighted by Crippen LogP contribution is -2.16. The number of aromatic nitrogens is 2. The van der Waals surface area contributed by atoms with Crippen LogP contribution in [-0.4, -0.2) is 15.9 Å². The Kier molecular flexibility index (Phi) is 5.26. The van der Waals surface area contributed by atoms with Gasteiger partial charge in [-0.3, -0.25) is 9.78 Å². The van der Waals surface area contributed by atoms with E-state index in [1.165, 1.54) is 0 Å². The van der Waals surface area contributed by atoms with Crippen LogP contribution in [0.4, 0.5) is 11.5 Å². The Morgan fingerprint density at radius 1 is 1.08 bits per heavy atom. The van der Waals surface area contributed by atoms with Crippen molar-refractivity contribution in [2.75, 3.05) is 10.6 Å². The second-order valence-electron chi connectivity index (χ2n) is 5.52. The Morgan fingerprint density at radius 2 is 1.80 bits per heavy atom. The van der Waals surface area contributed by atoms with E-state index in [9.17, 15) is 4.79 Å². The molecule has 0 saturated carbocycles. The molecule has 6 heteroatoms. The van der Waals surface area contributed by atoms with Crippen LogP contribution in [0.1, 0.15) is 24.5 Å². The molecular weight excluding hydrogens is 336 g/mol. The van der Waals surface area contributed by atoms with Gasteiger partial charge in [0.25, 0.3) is 5.91 Å². The van der Waals surface area contributed by atoms with Crippen molar-refractivity contribution in [1.82, 2.24) is 9.97 Å². The van der Waals surface area contributed by atoms with Crippen molar-refractivity contribution in [1.29, 1.82) is 0 Å². The summed E-state index contributed by atoms with van der Waals surface area (Å²) in [6.07, 6.45) is 3.46. The van der Waals surface area contributed by atoms with Crippen molar-refractivity contribution < 1.29 is 7.65 Å². The van der Waals surface area contributed by atoms with Gasteiger partial charge in [0, 0.05) is 38.2 Å². The largest absolute Gasteiger partial charge is 0.365 e. The molecule has 0 aliphatic heterocycles. The van der Waals surface area contributed by atoms with E-state index in [0.29, 0.717) is 28.6 Å². The first-order valence-corrected chi connectivity index (χ1v) is 8.17. The maximum absolute atomic E-state index is 12.6. The molecule has 0 spiro atoms. The van der Waals surface area contributed by atoms with Gasteiger partial charge in [0.05, 0.1) is 5.56 Å². The van der Waals surface area contributed by atoms with Crippen LogP contribution in [0.2, 0.25) is 5.02 Å². The minimum atomic E-state index is -0.230. The molecule has 0 atom stereocenters. The van der Waals surface area contributed by atoms with E-state index in [1.807, 2.05) is 25.1 Å². The zero-order valence-electron chi connectivity index (χ0n) is 13.7. The molecule has 2 heterocycles. The second kappa shape index (κ2) is 7.77. The van der Waals surface area contributed by atoms with E-state index < -0.39 is 0 Å². The molecule has 3 rings (SSSR count). The molecule has 0 bridgehead atoms. The smallest absolute Gasteiger partial charge is 0.259 e.